The van der Waals surface area contributed by atoms with Gasteiger partial charge in [-0.1, -0.05) is 0 Å². The molecule has 1 saturated carbocycles. The van der Waals surface area contributed by atoms with E-state index in [9.17, 15) is 9.59 Å². The van der Waals surface area contributed by atoms with E-state index in [1.165, 1.54) is 0 Å². The van der Waals surface area contributed by atoms with Crippen LogP contribution in [-0.2, 0) is 19.1 Å². The van der Waals surface area contributed by atoms with Crippen LogP contribution in [0.4, 0.5) is 0 Å². The Morgan fingerprint density at radius 1 is 1.39 bits per heavy atom. The zero-order chi connectivity index (χ0) is 13.0. The number of Topliss-reactive ketones (excluding diaryl/α,β-unsaturated/α-hetero) is 1. The summed E-state index contributed by atoms with van der Waals surface area (Å²) >= 11 is 0. The Morgan fingerprint density at radius 3 is 3.00 bits per heavy atom. The molecule has 18 heavy (non-hydrogen) atoms. The lowest BCUT2D eigenvalue weighted by Crippen LogP contribution is -2.50. The molecule has 1 heterocycles. The Morgan fingerprint density at radius 2 is 2.22 bits per heavy atom. The predicted octanol–water partition coefficient (Wildman–Crippen LogP) is 0.762. The van der Waals surface area contributed by atoms with Crippen LogP contribution in [-0.4, -0.2) is 55.1 Å². The van der Waals surface area contributed by atoms with Crippen molar-refractivity contribution >= 4 is 11.8 Å². The molecule has 5 heteroatoms. The van der Waals surface area contributed by atoms with Crippen LogP contribution in [0.1, 0.15) is 32.6 Å². The van der Waals surface area contributed by atoms with Crippen LogP contribution in [0.25, 0.3) is 0 Å². The molecule has 0 aromatic heterocycles. The van der Waals surface area contributed by atoms with Gasteiger partial charge in [-0.3, -0.25) is 14.5 Å². The zero-order valence-electron chi connectivity index (χ0n) is 10.9. The minimum absolute atomic E-state index is 0.0546. The van der Waals surface area contributed by atoms with Crippen LogP contribution < -0.4 is 0 Å². The molecule has 1 aliphatic carbocycles. The van der Waals surface area contributed by atoms with E-state index >= 15 is 0 Å². The first kappa shape index (κ1) is 13.5. The van der Waals surface area contributed by atoms with Gasteiger partial charge in [-0.05, 0) is 26.2 Å². The maximum Gasteiger partial charge on any atom is 0.313 e. The average Bonchev–Trinajstić information content (AvgIpc) is 2.78. The Hall–Kier alpha value is -0.940. The number of hydrogen-bond donors (Lipinski definition) is 0. The van der Waals surface area contributed by atoms with Crippen LogP contribution in [0.2, 0.25) is 0 Å². The van der Waals surface area contributed by atoms with E-state index in [2.05, 4.69) is 4.90 Å². The quantitative estimate of drug-likeness (QED) is 0.536. The van der Waals surface area contributed by atoms with Crippen molar-refractivity contribution in [2.45, 2.75) is 44.8 Å². The standard InChI is InChI=1S/C13H21NO4/c1-2-17-13(16)8-10(15)9-14-6-7-18-12-5-3-4-11(12)14/h11-12H,2-9H2,1H3. The number of morpholine rings is 1. The number of fused-ring (bicyclic) bond motifs is 1. The third-order valence-corrected chi connectivity index (χ3v) is 3.62. The maximum atomic E-state index is 11.8. The molecule has 2 unspecified atom stereocenters. The van der Waals surface area contributed by atoms with Crippen molar-refractivity contribution in [3.63, 3.8) is 0 Å². The summed E-state index contributed by atoms with van der Waals surface area (Å²) < 4.78 is 10.5. The zero-order valence-corrected chi connectivity index (χ0v) is 10.9. The molecule has 2 rings (SSSR count). The molecule has 2 atom stereocenters. The largest absolute Gasteiger partial charge is 0.466 e. The summed E-state index contributed by atoms with van der Waals surface area (Å²) in [5, 5.41) is 0. The Bertz CT molecular complexity index is 318. The van der Waals surface area contributed by atoms with E-state index in [0.717, 1.165) is 25.8 Å². The van der Waals surface area contributed by atoms with Gasteiger partial charge in [0.15, 0.2) is 5.78 Å². The van der Waals surface area contributed by atoms with E-state index in [4.69, 9.17) is 9.47 Å². The third-order valence-electron chi connectivity index (χ3n) is 3.62. The molecule has 0 aromatic carbocycles. The number of nitrogens with zero attached hydrogens (tertiary/aromatic N) is 1. The summed E-state index contributed by atoms with van der Waals surface area (Å²) in [6.45, 7) is 3.90. The number of esters is 1. The molecule has 0 spiro atoms. The number of carbonyl (C=O) groups is 2. The van der Waals surface area contributed by atoms with E-state index < -0.39 is 5.97 Å². The Labute approximate surface area is 107 Å². The molecule has 0 aromatic rings. The van der Waals surface area contributed by atoms with Gasteiger partial charge < -0.3 is 9.47 Å². The SMILES string of the molecule is CCOC(=O)CC(=O)CN1CCOC2CCCC21. The molecule has 1 saturated heterocycles. The number of ether oxygens (including phenoxy) is 2. The van der Waals surface area contributed by atoms with Crippen molar-refractivity contribution < 1.29 is 19.1 Å². The van der Waals surface area contributed by atoms with Crippen molar-refractivity contribution in [1.29, 1.82) is 0 Å². The Balaban J connectivity index is 1.81. The molecular weight excluding hydrogens is 234 g/mol. The van der Waals surface area contributed by atoms with Crippen molar-refractivity contribution in [3.05, 3.63) is 0 Å². The highest BCUT2D eigenvalue weighted by molar-refractivity contribution is 5.96. The molecule has 0 bridgehead atoms. The van der Waals surface area contributed by atoms with Gasteiger partial charge in [-0.25, -0.2) is 0 Å². The van der Waals surface area contributed by atoms with Gasteiger partial charge in [0.1, 0.15) is 6.42 Å². The normalized spacial score (nSPS) is 27.8. The van der Waals surface area contributed by atoms with Crippen molar-refractivity contribution in [3.8, 4) is 0 Å². The number of carbonyl (C=O) groups excluding carboxylic acids is 2. The Kier molecular flexibility index (Phi) is 4.72. The lowest BCUT2D eigenvalue weighted by Gasteiger charge is -2.37. The van der Waals surface area contributed by atoms with Crippen molar-refractivity contribution in [2.24, 2.45) is 0 Å². The van der Waals surface area contributed by atoms with Gasteiger partial charge in [0, 0.05) is 12.6 Å². The highest BCUT2D eigenvalue weighted by Crippen LogP contribution is 2.29. The monoisotopic (exact) mass is 255 g/mol. The highest BCUT2D eigenvalue weighted by atomic mass is 16.5. The first-order valence-corrected chi connectivity index (χ1v) is 6.73. The fraction of sp³-hybridized carbons (Fsp3) is 0.846. The second kappa shape index (κ2) is 6.29. The van der Waals surface area contributed by atoms with Gasteiger partial charge in [0.25, 0.3) is 0 Å². The van der Waals surface area contributed by atoms with Crippen molar-refractivity contribution in [2.75, 3.05) is 26.3 Å². The average molecular weight is 255 g/mol. The first-order valence-electron chi connectivity index (χ1n) is 6.73. The predicted molar refractivity (Wildman–Crippen MR) is 65.2 cm³/mol. The molecule has 0 N–H and O–H groups in total. The number of ketones is 1. The molecule has 0 radical (unpaired) electrons. The fourth-order valence-corrected chi connectivity index (χ4v) is 2.86. The second-order valence-electron chi connectivity index (χ2n) is 4.90. The lowest BCUT2D eigenvalue weighted by molar-refractivity contribution is -0.146. The third kappa shape index (κ3) is 3.29. The number of rotatable bonds is 5. The summed E-state index contributed by atoms with van der Waals surface area (Å²) in [6.07, 6.45) is 3.53. The summed E-state index contributed by atoms with van der Waals surface area (Å²) in [7, 11) is 0. The smallest absolute Gasteiger partial charge is 0.313 e. The molecule has 2 fully saturated rings. The van der Waals surface area contributed by atoms with E-state index in [-0.39, 0.29) is 18.3 Å². The minimum atomic E-state index is -0.418. The molecule has 1 aliphatic heterocycles. The molecule has 5 nitrogen and oxygen atoms in total. The lowest BCUT2D eigenvalue weighted by atomic mass is 10.1. The van der Waals surface area contributed by atoms with Gasteiger partial charge in [-0.2, -0.15) is 0 Å². The highest BCUT2D eigenvalue weighted by Gasteiger charge is 2.36. The van der Waals surface area contributed by atoms with Crippen molar-refractivity contribution in [1.82, 2.24) is 4.90 Å². The van der Waals surface area contributed by atoms with E-state index in [1.54, 1.807) is 6.92 Å². The van der Waals surface area contributed by atoms with Gasteiger partial charge in [-0.15, -0.1) is 0 Å². The number of hydrogen-bond acceptors (Lipinski definition) is 5. The first-order chi connectivity index (χ1) is 8.70. The summed E-state index contributed by atoms with van der Waals surface area (Å²) in [4.78, 5) is 25.2. The minimum Gasteiger partial charge on any atom is -0.466 e. The van der Waals surface area contributed by atoms with Crippen LogP contribution in [0, 0.1) is 0 Å². The molecular formula is C13H21NO4. The maximum absolute atomic E-state index is 11.8. The second-order valence-corrected chi connectivity index (χ2v) is 4.90. The molecule has 2 aliphatic rings. The van der Waals surface area contributed by atoms with Gasteiger partial charge >= 0.3 is 5.97 Å². The van der Waals surface area contributed by atoms with E-state index in [0.29, 0.717) is 25.8 Å². The fourth-order valence-electron chi connectivity index (χ4n) is 2.86. The molecule has 102 valence electrons. The van der Waals surface area contributed by atoms with Crippen LogP contribution in [0.15, 0.2) is 0 Å². The summed E-state index contributed by atoms with van der Waals surface area (Å²) in [5.74, 6) is -0.472. The van der Waals surface area contributed by atoms with Crippen LogP contribution in [0.5, 0.6) is 0 Å². The summed E-state index contributed by atoms with van der Waals surface area (Å²) in [5.41, 5.74) is 0. The van der Waals surface area contributed by atoms with Crippen LogP contribution in [0.3, 0.4) is 0 Å². The van der Waals surface area contributed by atoms with Gasteiger partial charge in [0.05, 0.1) is 25.9 Å². The van der Waals surface area contributed by atoms with Gasteiger partial charge in [0.2, 0.25) is 0 Å². The van der Waals surface area contributed by atoms with Crippen LogP contribution >= 0.6 is 0 Å². The topological polar surface area (TPSA) is 55.8 Å². The van der Waals surface area contributed by atoms with E-state index in [1.807, 2.05) is 0 Å². The summed E-state index contributed by atoms with van der Waals surface area (Å²) in [6, 6.07) is 0.366. The molecule has 0 amide bonds.